The SMILES string of the molecule is CCOCCn1c(=NC(=O)Cc2ccc(C)c(C)c2)sc2c(C)cc(C)cc21. The molecular weight excluding hydrogens is 368 g/mol. The van der Waals surface area contributed by atoms with Gasteiger partial charge in [-0.3, -0.25) is 4.79 Å². The number of hydrogen-bond acceptors (Lipinski definition) is 3. The number of aryl methyl sites for hydroxylation is 4. The standard InChI is InChI=1S/C23H28N2O2S/c1-6-27-10-9-25-20-12-15(2)11-18(5)22(20)28-23(25)24-21(26)14-19-8-7-16(3)17(4)13-19/h7-8,11-13H,6,9-10,14H2,1-5H3. The van der Waals surface area contributed by atoms with E-state index in [-0.39, 0.29) is 5.91 Å². The lowest BCUT2D eigenvalue weighted by molar-refractivity contribution is -0.117. The van der Waals surface area contributed by atoms with Gasteiger partial charge in [0.05, 0.1) is 23.2 Å². The van der Waals surface area contributed by atoms with Crippen molar-refractivity contribution in [2.75, 3.05) is 13.2 Å². The van der Waals surface area contributed by atoms with Gasteiger partial charge in [-0.25, -0.2) is 0 Å². The zero-order chi connectivity index (χ0) is 20.3. The third kappa shape index (κ3) is 4.59. The second kappa shape index (κ2) is 8.84. The van der Waals surface area contributed by atoms with Crippen molar-refractivity contribution in [3.8, 4) is 0 Å². The Morgan fingerprint density at radius 2 is 1.86 bits per heavy atom. The van der Waals surface area contributed by atoms with Crippen LogP contribution in [-0.2, 0) is 22.5 Å². The van der Waals surface area contributed by atoms with E-state index >= 15 is 0 Å². The molecule has 4 nitrogen and oxygen atoms in total. The van der Waals surface area contributed by atoms with Gasteiger partial charge < -0.3 is 9.30 Å². The molecule has 28 heavy (non-hydrogen) atoms. The molecule has 0 aliphatic rings. The van der Waals surface area contributed by atoms with Crippen molar-refractivity contribution in [3.05, 3.63) is 63.0 Å². The molecule has 0 aliphatic carbocycles. The highest BCUT2D eigenvalue weighted by Gasteiger charge is 2.11. The minimum atomic E-state index is -0.116. The van der Waals surface area contributed by atoms with Crippen LogP contribution < -0.4 is 4.80 Å². The second-order valence-electron chi connectivity index (χ2n) is 7.26. The Balaban J connectivity index is 1.99. The van der Waals surface area contributed by atoms with Crippen molar-refractivity contribution in [1.82, 2.24) is 4.57 Å². The van der Waals surface area contributed by atoms with E-state index in [9.17, 15) is 4.79 Å². The molecule has 0 atom stereocenters. The van der Waals surface area contributed by atoms with E-state index in [0.717, 1.165) is 15.9 Å². The zero-order valence-corrected chi connectivity index (χ0v) is 18.2. The summed E-state index contributed by atoms with van der Waals surface area (Å²) in [5.74, 6) is -0.116. The van der Waals surface area contributed by atoms with Crippen LogP contribution in [0, 0.1) is 27.7 Å². The first-order valence-electron chi connectivity index (χ1n) is 9.71. The number of hydrogen-bond donors (Lipinski definition) is 0. The summed E-state index contributed by atoms with van der Waals surface area (Å²) in [5, 5.41) is 0. The smallest absolute Gasteiger partial charge is 0.252 e. The molecule has 0 saturated carbocycles. The van der Waals surface area contributed by atoms with Crippen LogP contribution in [0.5, 0.6) is 0 Å². The van der Waals surface area contributed by atoms with E-state index in [4.69, 9.17) is 4.74 Å². The number of rotatable bonds is 6. The summed E-state index contributed by atoms with van der Waals surface area (Å²) in [6, 6.07) is 10.5. The van der Waals surface area contributed by atoms with Crippen molar-refractivity contribution < 1.29 is 9.53 Å². The zero-order valence-electron chi connectivity index (χ0n) is 17.3. The lowest BCUT2D eigenvalue weighted by atomic mass is 10.0. The normalized spacial score (nSPS) is 12.1. The molecule has 0 N–H and O–H groups in total. The average Bonchev–Trinajstić information content (AvgIpc) is 2.96. The van der Waals surface area contributed by atoms with Gasteiger partial charge in [-0.05, 0) is 68.5 Å². The predicted molar refractivity (Wildman–Crippen MR) is 116 cm³/mol. The molecule has 148 valence electrons. The first kappa shape index (κ1) is 20.5. The topological polar surface area (TPSA) is 43.6 Å². The molecule has 0 aliphatic heterocycles. The van der Waals surface area contributed by atoms with E-state index in [0.29, 0.717) is 26.2 Å². The largest absolute Gasteiger partial charge is 0.380 e. The van der Waals surface area contributed by atoms with Gasteiger partial charge in [-0.2, -0.15) is 4.99 Å². The number of amides is 1. The first-order valence-corrected chi connectivity index (χ1v) is 10.5. The fraction of sp³-hybridized carbons (Fsp3) is 0.391. The molecule has 0 fully saturated rings. The maximum Gasteiger partial charge on any atom is 0.252 e. The molecule has 0 radical (unpaired) electrons. The summed E-state index contributed by atoms with van der Waals surface area (Å²) in [5.41, 5.74) is 6.99. The molecule has 1 amide bonds. The number of ether oxygens (including phenoxy) is 1. The minimum Gasteiger partial charge on any atom is -0.380 e. The van der Waals surface area contributed by atoms with Gasteiger partial charge >= 0.3 is 0 Å². The molecular formula is C23H28N2O2S. The Morgan fingerprint density at radius 3 is 2.57 bits per heavy atom. The Kier molecular flexibility index (Phi) is 6.47. The van der Waals surface area contributed by atoms with E-state index in [1.165, 1.54) is 27.0 Å². The summed E-state index contributed by atoms with van der Waals surface area (Å²) < 4.78 is 8.85. The highest BCUT2D eigenvalue weighted by molar-refractivity contribution is 7.16. The fourth-order valence-electron chi connectivity index (χ4n) is 3.35. The van der Waals surface area contributed by atoms with Crippen LogP contribution in [0.4, 0.5) is 0 Å². The second-order valence-corrected chi connectivity index (χ2v) is 8.24. The summed E-state index contributed by atoms with van der Waals surface area (Å²) in [6.07, 6.45) is 0.318. The molecule has 0 bridgehead atoms. The Labute approximate surface area is 170 Å². The predicted octanol–water partition coefficient (Wildman–Crippen LogP) is 4.64. The molecule has 3 rings (SSSR count). The van der Waals surface area contributed by atoms with E-state index in [1.807, 2.05) is 13.0 Å². The number of fused-ring (bicyclic) bond motifs is 1. The summed E-state index contributed by atoms with van der Waals surface area (Å²) in [7, 11) is 0. The number of carbonyl (C=O) groups excluding carboxylic acids is 1. The molecule has 0 saturated heterocycles. The Bertz CT molecular complexity index is 1080. The number of benzene rings is 2. The first-order chi connectivity index (χ1) is 13.4. The van der Waals surface area contributed by atoms with Crippen LogP contribution >= 0.6 is 11.3 Å². The Morgan fingerprint density at radius 1 is 1.07 bits per heavy atom. The highest BCUT2D eigenvalue weighted by atomic mass is 32.1. The van der Waals surface area contributed by atoms with Crippen molar-refractivity contribution in [3.63, 3.8) is 0 Å². The molecule has 1 aromatic heterocycles. The molecule has 2 aromatic carbocycles. The quantitative estimate of drug-likeness (QED) is 0.570. The fourth-order valence-corrected chi connectivity index (χ4v) is 4.47. The van der Waals surface area contributed by atoms with E-state index in [2.05, 4.69) is 61.5 Å². The van der Waals surface area contributed by atoms with Crippen LogP contribution in [0.1, 0.15) is 34.7 Å². The molecule has 0 unspecified atom stereocenters. The number of carbonyl (C=O) groups is 1. The van der Waals surface area contributed by atoms with Crippen molar-refractivity contribution in [1.29, 1.82) is 0 Å². The van der Waals surface area contributed by atoms with Gasteiger partial charge in [0.1, 0.15) is 0 Å². The molecule has 3 aromatic rings. The van der Waals surface area contributed by atoms with Crippen LogP contribution in [0.3, 0.4) is 0 Å². The minimum absolute atomic E-state index is 0.116. The summed E-state index contributed by atoms with van der Waals surface area (Å²) >= 11 is 1.58. The lowest BCUT2D eigenvalue weighted by Gasteiger charge is -2.07. The van der Waals surface area contributed by atoms with Gasteiger partial charge in [0.25, 0.3) is 5.91 Å². The maximum absolute atomic E-state index is 12.7. The summed E-state index contributed by atoms with van der Waals surface area (Å²) in [4.78, 5) is 17.9. The van der Waals surface area contributed by atoms with Gasteiger partial charge in [-0.15, -0.1) is 0 Å². The van der Waals surface area contributed by atoms with Gasteiger partial charge in [0.15, 0.2) is 4.80 Å². The highest BCUT2D eigenvalue weighted by Crippen LogP contribution is 2.23. The van der Waals surface area contributed by atoms with Gasteiger partial charge in [0, 0.05) is 13.2 Å². The average molecular weight is 397 g/mol. The van der Waals surface area contributed by atoms with Crippen molar-refractivity contribution >= 4 is 27.5 Å². The number of thiazole rings is 1. The van der Waals surface area contributed by atoms with Gasteiger partial charge in [-0.1, -0.05) is 35.6 Å². The van der Waals surface area contributed by atoms with Gasteiger partial charge in [0.2, 0.25) is 0 Å². The third-order valence-electron chi connectivity index (χ3n) is 4.92. The van der Waals surface area contributed by atoms with E-state index in [1.54, 1.807) is 11.3 Å². The molecule has 0 spiro atoms. The monoisotopic (exact) mass is 396 g/mol. The molecule has 5 heteroatoms. The van der Waals surface area contributed by atoms with Crippen LogP contribution in [0.25, 0.3) is 10.2 Å². The van der Waals surface area contributed by atoms with Crippen LogP contribution in [0.15, 0.2) is 35.3 Å². The lowest BCUT2D eigenvalue weighted by Crippen LogP contribution is -2.20. The van der Waals surface area contributed by atoms with Crippen LogP contribution in [-0.4, -0.2) is 23.7 Å². The van der Waals surface area contributed by atoms with E-state index < -0.39 is 0 Å². The van der Waals surface area contributed by atoms with Crippen LogP contribution in [0.2, 0.25) is 0 Å². The maximum atomic E-state index is 12.7. The number of aromatic nitrogens is 1. The third-order valence-corrected chi connectivity index (χ3v) is 6.15. The Hall–Kier alpha value is -2.24. The van der Waals surface area contributed by atoms with Crippen molar-refractivity contribution in [2.45, 2.75) is 47.6 Å². The molecule has 1 heterocycles. The number of nitrogens with zero attached hydrogens (tertiary/aromatic N) is 2. The van der Waals surface area contributed by atoms with Crippen molar-refractivity contribution in [2.24, 2.45) is 4.99 Å². The summed E-state index contributed by atoms with van der Waals surface area (Å²) in [6.45, 7) is 12.3.